The molecule has 2 N–H and O–H groups in total. The maximum absolute atomic E-state index is 12.2. The van der Waals surface area contributed by atoms with Crippen LogP contribution < -0.4 is 5.32 Å². The fraction of sp³-hybridized carbons (Fsp3) is 0.500. The van der Waals surface area contributed by atoms with Crippen molar-refractivity contribution in [2.24, 2.45) is 11.8 Å². The van der Waals surface area contributed by atoms with Crippen molar-refractivity contribution in [3.05, 3.63) is 34.3 Å². The molecule has 1 aromatic rings. The molecule has 1 aliphatic carbocycles. The van der Waals surface area contributed by atoms with Gasteiger partial charge in [0.2, 0.25) is 5.91 Å². The van der Waals surface area contributed by atoms with E-state index >= 15 is 0 Å². The third-order valence-corrected chi connectivity index (χ3v) is 4.47. The number of carboxylic acids is 1. The molecule has 0 saturated heterocycles. The fourth-order valence-corrected chi connectivity index (χ4v) is 3.32. The average Bonchev–Trinajstić information content (AvgIpc) is 2.88. The third-order valence-electron chi connectivity index (χ3n) is 3.97. The third kappa shape index (κ3) is 4.56. The Balaban J connectivity index is 1.84. The van der Waals surface area contributed by atoms with Crippen molar-refractivity contribution < 1.29 is 14.7 Å². The first-order chi connectivity index (χ1) is 9.95. The highest BCUT2D eigenvalue weighted by atomic mass is 79.9. The van der Waals surface area contributed by atoms with Crippen LogP contribution in [0, 0.1) is 11.8 Å². The number of halogens is 1. The van der Waals surface area contributed by atoms with Gasteiger partial charge in [0.05, 0.1) is 5.92 Å². The van der Waals surface area contributed by atoms with E-state index in [-0.39, 0.29) is 23.8 Å². The smallest absolute Gasteiger partial charge is 0.306 e. The monoisotopic (exact) mass is 353 g/mol. The van der Waals surface area contributed by atoms with Crippen molar-refractivity contribution >= 4 is 27.8 Å². The first-order valence-electron chi connectivity index (χ1n) is 7.23. The van der Waals surface area contributed by atoms with Crippen LogP contribution in [0.15, 0.2) is 28.7 Å². The summed E-state index contributed by atoms with van der Waals surface area (Å²) in [4.78, 5) is 23.1. The van der Waals surface area contributed by atoms with Crippen LogP contribution in [0.2, 0.25) is 0 Å². The minimum Gasteiger partial charge on any atom is -0.481 e. The first-order valence-corrected chi connectivity index (χ1v) is 8.02. The van der Waals surface area contributed by atoms with Gasteiger partial charge < -0.3 is 10.4 Å². The summed E-state index contributed by atoms with van der Waals surface area (Å²) in [5.41, 5.74) is 1.16. The molecule has 1 unspecified atom stereocenters. The zero-order valence-corrected chi connectivity index (χ0v) is 13.6. The summed E-state index contributed by atoms with van der Waals surface area (Å²) in [7, 11) is 0. The molecule has 21 heavy (non-hydrogen) atoms. The molecule has 0 radical (unpaired) electrons. The van der Waals surface area contributed by atoms with Crippen LogP contribution in [0.4, 0.5) is 0 Å². The molecule has 1 fully saturated rings. The Bertz CT molecular complexity index is 532. The van der Waals surface area contributed by atoms with E-state index in [1.807, 2.05) is 31.2 Å². The minimum absolute atomic E-state index is 0.0127. The van der Waals surface area contributed by atoms with E-state index in [1.54, 1.807) is 0 Å². The van der Waals surface area contributed by atoms with E-state index in [1.165, 1.54) is 0 Å². The van der Waals surface area contributed by atoms with Crippen molar-refractivity contribution in [3.63, 3.8) is 0 Å². The van der Waals surface area contributed by atoms with Gasteiger partial charge >= 0.3 is 5.97 Å². The number of benzene rings is 1. The van der Waals surface area contributed by atoms with Crippen molar-refractivity contribution in [1.29, 1.82) is 0 Å². The highest BCUT2D eigenvalue weighted by molar-refractivity contribution is 9.10. The van der Waals surface area contributed by atoms with Crippen LogP contribution in [0.5, 0.6) is 0 Å². The molecule has 2 rings (SSSR count). The molecule has 0 heterocycles. The lowest BCUT2D eigenvalue weighted by Crippen LogP contribution is -2.37. The quantitative estimate of drug-likeness (QED) is 0.854. The molecule has 3 atom stereocenters. The lowest BCUT2D eigenvalue weighted by molar-refractivity contribution is -0.141. The van der Waals surface area contributed by atoms with Crippen LogP contribution in [0.25, 0.3) is 0 Å². The molecule has 0 aromatic heterocycles. The number of carbonyl (C=O) groups excluding carboxylic acids is 1. The van der Waals surface area contributed by atoms with Crippen LogP contribution in [0.1, 0.15) is 31.7 Å². The Labute approximate surface area is 133 Å². The molecular weight excluding hydrogens is 334 g/mol. The summed E-state index contributed by atoms with van der Waals surface area (Å²) in [5.74, 6) is -1.31. The number of aliphatic carboxylic acids is 1. The highest BCUT2D eigenvalue weighted by Crippen LogP contribution is 2.31. The Kier molecular flexibility index (Phi) is 5.39. The standard InChI is InChI=1S/C16H20BrNO3/c1-10(7-11-3-2-4-14(17)8-11)18-15(19)12-5-6-13(9-12)16(20)21/h2-4,8,10,12-13H,5-7,9H2,1H3,(H,18,19)(H,20,21)/t10?,12-,13+/m1/s1. The largest absolute Gasteiger partial charge is 0.481 e. The van der Waals surface area contributed by atoms with Gasteiger partial charge in [-0.1, -0.05) is 28.1 Å². The topological polar surface area (TPSA) is 66.4 Å². The number of rotatable bonds is 5. The van der Waals surface area contributed by atoms with Gasteiger partial charge in [-0.25, -0.2) is 0 Å². The van der Waals surface area contributed by atoms with Gasteiger partial charge in [-0.15, -0.1) is 0 Å². The molecule has 1 aromatic carbocycles. The van der Waals surface area contributed by atoms with E-state index in [0.717, 1.165) is 16.5 Å². The maximum atomic E-state index is 12.2. The molecule has 0 bridgehead atoms. The molecule has 0 aliphatic heterocycles. The van der Waals surface area contributed by atoms with Crippen LogP contribution in [-0.4, -0.2) is 23.0 Å². The average molecular weight is 354 g/mol. The number of nitrogens with one attached hydrogen (secondary N) is 1. The van der Waals surface area contributed by atoms with Crippen LogP contribution in [-0.2, 0) is 16.0 Å². The van der Waals surface area contributed by atoms with Crippen LogP contribution >= 0.6 is 15.9 Å². The van der Waals surface area contributed by atoms with Crippen molar-refractivity contribution in [2.75, 3.05) is 0 Å². The summed E-state index contributed by atoms with van der Waals surface area (Å²) >= 11 is 3.43. The van der Waals surface area contributed by atoms with E-state index in [0.29, 0.717) is 19.3 Å². The molecular formula is C16H20BrNO3. The lowest BCUT2D eigenvalue weighted by atomic mass is 10.0. The summed E-state index contributed by atoms with van der Waals surface area (Å²) in [6.07, 6.45) is 2.50. The van der Waals surface area contributed by atoms with E-state index in [4.69, 9.17) is 5.11 Å². The predicted octanol–water partition coefficient (Wildman–Crippen LogP) is 3.00. The van der Waals surface area contributed by atoms with Crippen molar-refractivity contribution in [2.45, 2.75) is 38.6 Å². The van der Waals surface area contributed by atoms with Gasteiger partial charge in [0.1, 0.15) is 0 Å². The lowest BCUT2D eigenvalue weighted by Gasteiger charge is -2.17. The second-order valence-corrected chi connectivity index (χ2v) is 6.70. The molecule has 0 spiro atoms. The fourth-order valence-electron chi connectivity index (χ4n) is 2.87. The molecule has 5 heteroatoms. The highest BCUT2D eigenvalue weighted by Gasteiger charge is 2.34. The normalized spacial score (nSPS) is 22.8. The molecule has 4 nitrogen and oxygen atoms in total. The minimum atomic E-state index is -0.785. The second-order valence-electron chi connectivity index (χ2n) is 5.79. The number of hydrogen-bond acceptors (Lipinski definition) is 2. The van der Waals surface area contributed by atoms with Crippen molar-refractivity contribution in [1.82, 2.24) is 5.32 Å². The van der Waals surface area contributed by atoms with Gasteiger partial charge in [-0.3, -0.25) is 9.59 Å². The first kappa shape index (κ1) is 16.0. The SMILES string of the molecule is CC(Cc1cccc(Br)c1)NC(=O)[C@@H]1CC[C@H](C(=O)O)C1. The predicted molar refractivity (Wildman–Crippen MR) is 83.9 cm³/mol. The Morgan fingerprint density at radius 1 is 1.38 bits per heavy atom. The van der Waals surface area contributed by atoms with Crippen molar-refractivity contribution in [3.8, 4) is 0 Å². The van der Waals surface area contributed by atoms with Gasteiger partial charge in [0.25, 0.3) is 0 Å². The summed E-state index contributed by atoms with van der Waals surface area (Å²) in [6, 6.07) is 8.05. The summed E-state index contributed by atoms with van der Waals surface area (Å²) in [5, 5.41) is 12.0. The number of amides is 1. The zero-order chi connectivity index (χ0) is 15.4. The van der Waals surface area contributed by atoms with Gasteiger partial charge in [-0.05, 0) is 50.3 Å². The molecule has 1 amide bonds. The van der Waals surface area contributed by atoms with Gasteiger partial charge in [-0.2, -0.15) is 0 Å². The second kappa shape index (κ2) is 7.07. The summed E-state index contributed by atoms with van der Waals surface area (Å²) < 4.78 is 1.03. The Morgan fingerprint density at radius 2 is 2.10 bits per heavy atom. The Morgan fingerprint density at radius 3 is 2.71 bits per heavy atom. The Hall–Kier alpha value is -1.36. The van der Waals surface area contributed by atoms with E-state index in [2.05, 4.69) is 21.2 Å². The number of carbonyl (C=O) groups is 2. The number of hydrogen-bond donors (Lipinski definition) is 2. The van der Waals surface area contributed by atoms with Crippen LogP contribution in [0.3, 0.4) is 0 Å². The van der Waals surface area contributed by atoms with Gasteiger partial charge in [0.15, 0.2) is 0 Å². The summed E-state index contributed by atoms with van der Waals surface area (Å²) in [6.45, 7) is 1.97. The molecule has 114 valence electrons. The molecule has 1 aliphatic rings. The van der Waals surface area contributed by atoms with E-state index in [9.17, 15) is 9.59 Å². The molecule has 1 saturated carbocycles. The number of carboxylic acid groups (broad SMARTS) is 1. The zero-order valence-electron chi connectivity index (χ0n) is 12.0. The van der Waals surface area contributed by atoms with Gasteiger partial charge in [0, 0.05) is 16.4 Å². The maximum Gasteiger partial charge on any atom is 0.306 e. The van der Waals surface area contributed by atoms with E-state index < -0.39 is 5.97 Å².